The summed E-state index contributed by atoms with van der Waals surface area (Å²) in [6.07, 6.45) is -0.785. The van der Waals surface area contributed by atoms with Crippen molar-refractivity contribution >= 4 is 17.7 Å². The molecule has 20 heavy (non-hydrogen) atoms. The number of carbonyl (C=O) groups is 2. The number of ether oxygens (including phenoxy) is 2. The van der Waals surface area contributed by atoms with Crippen LogP contribution >= 0.6 is 0 Å². The summed E-state index contributed by atoms with van der Waals surface area (Å²) in [7, 11) is 1.26. The number of urea groups is 1. The second kappa shape index (κ2) is 6.33. The van der Waals surface area contributed by atoms with Gasteiger partial charge in [-0.2, -0.15) is 0 Å². The Hall–Kier alpha value is -2.15. The Morgan fingerprint density at radius 1 is 1.50 bits per heavy atom. The molecule has 7 heteroatoms. The fourth-order valence-corrected chi connectivity index (χ4v) is 1.88. The number of amides is 2. The maximum atomic E-state index is 13.0. The lowest BCUT2D eigenvalue weighted by molar-refractivity contribution is -0.158. The van der Waals surface area contributed by atoms with Gasteiger partial charge < -0.3 is 19.7 Å². The van der Waals surface area contributed by atoms with Crippen LogP contribution in [0.4, 0.5) is 14.9 Å². The lowest BCUT2D eigenvalue weighted by Gasteiger charge is -2.31. The number of morpholine rings is 1. The number of rotatable bonds is 2. The number of carbonyl (C=O) groups excluding carboxylic acids is 2. The third-order valence-corrected chi connectivity index (χ3v) is 2.89. The standard InChI is InChI=1S/C13H15FN2O4/c1-19-12(17)11-8-16(5-6-20-11)13(18)15-10-4-2-3-9(14)7-10/h2-4,7,11H,5-6,8H2,1H3,(H,15,18). The molecule has 0 bridgehead atoms. The van der Waals surface area contributed by atoms with Gasteiger partial charge in [0.2, 0.25) is 0 Å². The highest BCUT2D eigenvalue weighted by Crippen LogP contribution is 2.12. The van der Waals surface area contributed by atoms with Crippen LogP contribution in [0, 0.1) is 5.82 Å². The fourth-order valence-electron chi connectivity index (χ4n) is 1.88. The molecule has 1 unspecified atom stereocenters. The lowest BCUT2D eigenvalue weighted by Crippen LogP contribution is -2.50. The summed E-state index contributed by atoms with van der Waals surface area (Å²) < 4.78 is 22.8. The third kappa shape index (κ3) is 3.45. The smallest absolute Gasteiger partial charge is 0.336 e. The average molecular weight is 282 g/mol. The van der Waals surface area contributed by atoms with Gasteiger partial charge in [-0.25, -0.2) is 14.0 Å². The Labute approximate surface area is 115 Å². The summed E-state index contributed by atoms with van der Waals surface area (Å²) in [4.78, 5) is 24.8. The Balaban J connectivity index is 1.97. The van der Waals surface area contributed by atoms with E-state index >= 15 is 0 Å². The van der Waals surface area contributed by atoms with E-state index in [4.69, 9.17) is 4.74 Å². The minimum atomic E-state index is -0.785. The zero-order valence-electron chi connectivity index (χ0n) is 11.0. The van der Waals surface area contributed by atoms with E-state index in [-0.39, 0.29) is 13.2 Å². The Bertz CT molecular complexity index is 509. The topological polar surface area (TPSA) is 67.9 Å². The molecule has 0 aliphatic carbocycles. The van der Waals surface area contributed by atoms with Crippen LogP contribution in [-0.4, -0.2) is 49.8 Å². The SMILES string of the molecule is COC(=O)C1CN(C(=O)Nc2cccc(F)c2)CCO1. The van der Waals surface area contributed by atoms with Crippen LogP contribution in [0.15, 0.2) is 24.3 Å². The van der Waals surface area contributed by atoms with Gasteiger partial charge >= 0.3 is 12.0 Å². The number of benzene rings is 1. The molecule has 2 rings (SSSR count). The Morgan fingerprint density at radius 2 is 2.30 bits per heavy atom. The molecule has 1 aliphatic rings. The zero-order chi connectivity index (χ0) is 14.5. The van der Waals surface area contributed by atoms with E-state index in [2.05, 4.69) is 10.1 Å². The minimum absolute atomic E-state index is 0.105. The van der Waals surface area contributed by atoms with Crippen molar-refractivity contribution in [3.05, 3.63) is 30.1 Å². The molecule has 1 N–H and O–H groups in total. The van der Waals surface area contributed by atoms with Gasteiger partial charge in [-0.1, -0.05) is 6.07 Å². The van der Waals surface area contributed by atoms with Crippen LogP contribution in [0.25, 0.3) is 0 Å². The number of methoxy groups -OCH3 is 1. The molecular formula is C13H15FN2O4. The van der Waals surface area contributed by atoms with Crippen LogP contribution in [0.5, 0.6) is 0 Å². The number of hydrogen-bond acceptors (Lipinski definition) is 4. The molecule has 108 valence electrons. The summed E-state index contributed by atoms with van der Waals surface area (Å²) in [5.74, 6) is -0.953. The van der Waals surface area contributed by atoms with Crippen molar-refractivity contribution in [2.24, 2.45) is 0 Å². The maximum absolute atomic E-state index is 13.0. The molecule has 0 spiro atoms. The van der Waals surface area contributed by atoms with Crippen LogP contribution in [0.3, 0.4) is 0 Å². The molecule has 1 aromatic carbocycles. The first-order valence-electron chi connectivity index (χ1n) is 6.11. The van der Waals surface area contributed by atoms with Gasteiger partial charge in [-0.15, -0.1) is 0 Å². The average Bonchev–Trinajstić information content (AvgIpc) is 2.46. The fraction of sp³-hybridized carbons (Fsp3) is 0.385. The van der Waals surface area contributed by atoms with E-state index in [0.29, 0.717) is 12.2 Å². The largest absolute Gasteiger partial charge is 0.467 e. The van der Waals surface area contributed by atoms with E-state index in [9.17, 15) is 14.0 Å². The van der Waals surface area contributed by atoms with E-state index in [0.717, 1.165) is 0 Å². The molecule has 1 atom stereocenters. The van der Waals surface area contributed by atoms with Gasteiger partial charge in [0.25, 0.3) is 0 Å². The van der Waals surface area contributed by atoms with E-state index < -0.39 is 23.9 Å². The van der Waals surface area contributed by atoms with E-state index in [1.807, 2.05) is 0 Å². The summed E-state index contributed by atoms with van der Waals surface area (Å²) in [6, 6.07) is 5.18. The van der Waals surface area contributed by atoms with E-state index in [1.165, 1.54) is 30.2 Å². The summed E-state index contributed by atoms with van der Waals surface area (Å²) in [5, 5.41) is 2.57. The molecule has 0 aromatic heterocycles. The first kappa shape index (κ1) is 14.3. The second-order valence-corrected chi connectivity index (χ2v) is 4.27. The van der Waals surface area contributed by atoms with Crippen LogP contribution in [-0.2, 0) is 14.3 Å². The quantitative estimate of drug-likeness (QED) is 0.828. The number of anilines is 1. The van der Waals surface area contributed by atoms with Crippen molar-refractivity contribution in [3.8, 4) is 0 Å². The summed E-state index contributed by atoms with van der Waals surface area (Å²) in [5.41, 5.74) is 0.358. The minimum Gasteiger partial charge on any atom is -0.467 e. The zero-order valence-corrected chi connectivity index (χ0v) is 11.0. The van der Waals surface area contributed by atoms with Gasteiger partial charge in [0.1, 0.15) is 5.82 Å². The predicted octanol–water partition coefficient (Wildman–Crippen LogP) is 1.23. The summed E-state index contributed by atoms with van der Waals surface area (Å²) >= 11 is 0. The molecule has 2 amide bonds. The van der Waals surface area contributed by atoms with E-state index in [1.54, 1.807) is 6.07 Å². The van der Waals surface area contributed by atoms with Gasteiger partial charge in [-0.3, -0.25) is 0 Å². The van der Waals surface area contributed by atoms with Crippen LogP contribution in [0.2, 0.25) is 0 Å². The van der Waals surface area contributed by atoms with Crippen molar-refractivity contribution in [1.29, 1.82) is 0 Å². The highest BCUT2D eigenvalue weighted by molar-refractivity contribution is 5.90. The van der Waals surface area contributed by atoms with Crippen LogP contribution in [0.1, 0.15) is 0 Å². The third-order valence-electron chi connectivity index (χ3n) is 2.89. The van der Waals surface area contributed by atoms with Gasteiger partial charge in [0, 0.05) is 12.2 Å². The van der Waals surface area contributed by atoms with Gasteiger partial charge in [0.05, 0.1) is 20.3 Å². The molecule has 1 aliphatic heterocycles. The first-order chi connectivity index (χ1) is 9.60. The molecule has 1 saturated heterocycles. The molecular weight excluding hydrogens is 267 g/mol. The number of esters is 1. The highest BCUT2D eigenvalue weighted by atomic mass is 19.1. The van der Waals surface area contributed by atoms with Gasteiger partial charge in [0.15, 0.2) is 6.10 Å². The molecule has 1 heterocycles. The van der Waals surface area contributed by atoms with Crippen molar-refractivity contribution in [1.82, 2.24) is 4.90 Å². The Kier molecular flexibility index (Phi) is 4.52. The van der Waals surface area contributed by atoms with Crippen LogP contribution < -0.4 is 5.32 Å². The van der Waals surface area contributed by atoms with Crippen molar-refractivity contribution in [3.63, 3.8) is 0 Å². The first-order valence-corrected chi connectivity index (χ1v) is 6.11. The van der Waals surface area contributed by atoms with Crippen molar-refractivity contribution in [2.75, 3.05) is 32.1 Å². The molecule has 0 radical (unpaired) electrons. The number of hydrogen-bond donors (Lipinski definition) is 1. The number of nitrogens with zero attached hydrogens (tertiary/aromatic N) is 1. The predicted molar refractivity (Wildman–Crippen MR) is 68.7 cm³/mol. The summed E-state index contributed by atoms with van der Waals surface area (Å²) in [6.45, 7) is 0.707. The monoisotopic (exact) mass is 282 g/mol. The number of halogens is 1. The Morgan fingerprint density at radius 3 is 3.00 bits per heavy atom. The highest BCUT2D eigenvalue weighted by Gasteiger charge is 2.29. The molecule has 0 saturated carbocycles. The molecule has 6 nitrogen and oxygen atoms in total. The second-order valence-electron chi connectivity index (χ2n) is 4.27. The van der Waals surface area contributed by atoms with Crippen molar-refractivity contribution in [2.45, 2.75) is 6.10 Å². The lowest BCUT2D eigenvalue weighted by atomic mass is 10.3. The molecule has 1 fully saturated rings. The normalized spacial score (nSPS) is 18.5. The van der Waals surface area contributed by atoms with Crippen molar-refractivity contribution < 1.29 is 23.5 Å². The molecule has 1 aromatic rings. The maximum Gasteiger partial charge on any atom is 0.336 e. The van der Waals surface area contributed by atoms with Gasteiger partial charge in [-0.05, 0) is 18.2 Å². The number of nitrogens with one attached hydrogen (secondary N) is 1.